The molecule has 116 valence electrons. The average molecular weight is 308 g/mol. The maximum Gasteiger partial charge on any atom is 0.224 e. The van der Waals surface area contributed by atoms with Crippen molar-refractivity contribution in [3.63, 3.8) is 0 Å². The second kappa shape index (κ2) is 5.88. The van der Waals surface area contributed by atoms with E-state index in [0.717, 1.165) is 28.5 Å². The van der Waals surface area contributed by atoms with Crippen molar-refractivity contribution in [1.29, 1.82) is 0 Å². The van der Waals surface area contributed by atoms with E-state index < -0.39 is 0 Å². The van der Waals surface area contributed by atoms with Crippen LogP contribution in [-0.2, 0) is 6.54 Å². The van der Waals surface area contributed by atoms with Crippen LogP contribution in [0.3, 0.4) is 0 Å². The molecule has 0 bridgehead atoms. The minimum atomic E-state index is 0.114. The third kappa shape index (κ3) is 2.89. The van der Waals surface area contributed by atoms with Gasteiger partial charge in [-0.15, -0.1) is 0 Å². The van der Waals surface area contributed by atoms with E-state index in [4.69, 9.17) is 11.5 Å². The minimum absolute atomic E-state index is 0.114. The van der Waals surface area contributed by atoms with Crippen LogP contribution in [0.1, 0.15) is 21.5 Å². The number of nitrogen functional groups attached to an aromatic ring is 2. The van der Waals surface area contributed by atoms with Gasteiger partial charge in [-0.1, -0.05) is 0 Å². The first-order valence-electron chi connectivity index (χ1n) is 7.05. The molecule has 23 heavy (non-hydrogen) atoms. The maximum atomic E-state index is 10.7. The van der Waals surface area contributed by atoms with E-state index in [0.29, 0.717) is 23.6 Å². The van der Waals surface area contributed by atoms with Crippen LogP contribution in [0.15, 0.2) is 30.5 Å². The Morgan fingerprint density at radius 1 is 1.17 bits per heavy atom. The molecule has 1 aromatic carbocycles. The number of nitrogens with two attached hydrogens (primary N) is 2. The molecule has 0 aliphatic heterocycles. The van der Waals surface area contributed by atoms with E-state index in [1.807, 2.05) is 19.1 Å². The third-order valence-corrected chi connectivity index (χ3v) is 3.66. The lowest BCUT2D eigenvalue weighted by atomic mass is 10.1. The number of benzene rings is 1. The van der Waals surface area contributed by atoms with Gasteiger partial charge in [-0.05, 0) is 42.3 Å². The highest BCUT2D eigenvalue weighted by molar-refractivity contribution is 5.90. The summed E-state index contributed by atoms with van der Waals surface area (Å²) >= 11 is 0. The molecule has 0 aliphatic carbocycles. The van der Waals surface area contributed by atoms with Crippen molar-refractivity contribution < 1.29 is 4.79 Å². The van der Waals surface area contributed by atoms with Crippen LogP contribution < -0.4 is 16.8 Å². The number of hydrogen-bond donors (Lipinski definition) is 3. The van der Waals surface area contributed by atoms with Gasteiger partial charge in [0.25, 0.3) is 0 Å². The maximum absolute atomic E-state index is 10.7. The number of aryl methyl sites for hydroxylation is 1. The van der Waals surface area contributed by atoms with E-state index in [2.05, 4.69) is 20.3 Å². The fourth-order valence-corrected chi connectivity index (χ4v) is 2.39. The van der Waals surface area contributed by atoms with Gasteiger partial charge in [-0.25, -0.2) is 4.98 Å². The molecule has 0 radical (unpaired) electrons. The van der Waals surface area contributed by atoms with Gasteiger partial charge in [0.2, 0.25) is 5.95 Å². The van der Waals surface area contributed by atoms with Gasteiger partial charge in [-0.2, -0.15) is 9.97 Å². The highest BCUT2D eigenvalue weighted by Crippen LogP contribution is 2.24. The van der Waals surface area contributed by atoms with E-state index in [-0.39, 0.29) is 5.95 Å². The number of anilines is 3. The van der Waals surface area contributed by atoms with E-state index in [1.54, 1.807) is 18.3 Å². The van der Waals surface area contributed by atoms with Gasteiger partial charge in [0, 0.05) is 24.0 Å². The first kappa shape index (κ1) is 14.7. The predicted molar refractivity (Wildman–Crippen MR) is 90.1 cm³/mol. The van der Waals surface area contributed by atoms with Crippen molar-refractivity contribution >= 4 is 34.8 Å². The van der Waals surface area contributed by atoms with Crippen LogP contribution in [0, 0.1) is 6.92 Å². The molecule has 2 aromatic heterocycles. The molecule has 0 atom stereocenters. The van der Waals surface area contributed by atoms with Crippen LogP contribution in [0.5, 0.6) is 0 Å². The molecular weight excluding hydrogens is 292 g/mol. The molecule has 2 heterocycles. The van der Waals surface area contributed by atoms with Crippen LogP contribution in [0.25, 0.3) is 11.0 Å². The number of hydrogen-bond acceptors (Lipinski definition) is 7. The lowest BCUT2D eigenvalue weighted by molar-refractivity contribution is 0.112. The highest BCUT2D eigenvalue weighted by atomic mass is 16.1. The van der Waals surface area contributed by atoms with Gasteiger partial charge >= 0.3 is 0 Å². The predicted octanol–water partition coefficient (Wildman–Crippen LogP) is 1.92. The van der Waals surface area contributed by atoms with Crippen molar-refractivity contribution in [2.75, 3.05) is 16.8 Å². The molecule has 0 saturated heterocycles. The number of nitrogens with one attached hydrogen (secondary N) is 1. The normalized spacial score (nSPS) is 10.7. The lowest BCUT2D eigenvalue weighted by Gasteiger charge is -2.12. The van der Waals surface area contributed by atoms with Crippen LogP contribution in [0.4, 0.5) is 17.5 Å². The topological polar surface area (TPSA) is 120 Å². The first-order valence-corrected chi connectivity index (χ1v) is 7.05. The molecule has 7 heteroatoms. The van der Waals surface area contributed by atoms with Crippen LogP contribution in [0.2, 0.25) is 0 Å². The molecule has 3 rings (SSSR count). The van der Waals surface area contributed by atoms with Crippen LogP contribution >= 0.6 is 0 Å². The number of aldehydes is 1. The van der Waals surface area contributed by atoms with Crippen LogP contribution in [-0.4, -0.2) is 21.2 Å². The van der Waals surface area contributed by atoms with E-state index >= 15 is 0 Å². The molecule has 0 fully saturated rings. The van der Waals surface area contributed by atoms with Crippen molar-refractivity contribution in [2.24, 2.45) is 0 Å². The van der Waals surface area contributed by atoms with E-state index in [1.165, 1.54) is 0 Å². The first-order chi connectivity index (χ1) is 11.1. The van der Waals surface area contributed by atoms with Gasteiger partial charge < -0.3 is 16.8 Å². The molecular formula is C16H16N6O. The SMILES string of the molecule is Cc1c(CNc2ccc(C=O)cc2)cnc2nc(N)nc(N)c12. The van der Waals surface area contributed by atoms with Crippen molar-refractivity contribution in [1.82, 2.24) is 15.0 Å². The third-order valence-electron chi connectivity index (χ3n) is 3.66. The summed E-state index contributed by atoms with van der Waals surface area (Å²) in [4.78, 5) is 23.1. The molecule has 3 aromatic rings. The molecule has 0 spiro atoms. The molecule has 0 amide bonds. The summed E-state index contributed by atoms with van der Waals surface area (Å²) in [6, 6.07) is 7.22. The number of fused-ring (bicyclic) bond motifs is 1. The summed E-state index contributed by atoms with van der Waals surface area (Å²) in [6.45, 7) is 2.52. The Labute approximate surface area is 132 Å². The number of pyridine rings is 1. The molecule has 0 aliphatic rings. The highest BCUT2D eigenvalue weighted by Gasteiger charge is 2.11. The van der Waals surface area contributed by atoms with E-state index in [9.17, 15) is 4.79 Å². The fourth-order valence-electron chi connectivity index (χ4n) is 2.39. The summed E-state index contributed by atoms with van der Waals surface area (Å²) in [5.41, 5.74) is 15.5. The Bertz CT molecular complexity index is 876. The smallest absolute Gasteiger partial charge is 0.224 e. The average Bonchev–Trinajstić information content (AvgIpc) is 2.54. The summed E-state index contributed by atoms with van der Waals surface area (Å²) in [5.74, 6) is 0.442. The Kier molecular flexibility index (Phi) is 3.76. The Morgan fingerprint density at radius 3 is 2.61 bits per heavy atom. The van der Waals surface area contributed by atoms with Crippen molar-refractivity contribution in [3.8, 4) is 0 Å². The number of carbonyl (C=O) groups excluding carboxylic acids is 1. The molecule has 5 N–H and O–H groups in total. The number of nitrogens with zero attached hydrogens (tertiary/aromatic N) is 3. The number of carbonyl (C=O) groups is 1. The molecule has 0 unspecified atom stereocenters. The monoisotopic (exact) mass is 308 g/mol. The van der Waals surface area contributed by atoms with Gasteiger partial charge in [0.1, 0.15) is 12.1 Å². The second-order valence-electron chi connectivity index (χ2n) is 5.17. The number of aromatic nitrogens is 3. The van der Waals surface area contributed by atoms with Crippen molar-refractivity contribution in [3.05, 3.63) is 47.2 Å². The van der Waals surface area contributed by atoms with Gasteiger partial charge in [0.15, 0.2) is 5.65 Å². The zero-order valence-electron chi connectivity index (χ0n) is 12.6. The minimum Gasteiger partial charge on any atom is -0.383 e. The zero-order valence-corrected chi connectivity index (χ0v) is 12.6. The second-order valence-corrected chi connectivity index (χ2v) is 5.17. The fraction of sp³-hybridized carbons (Fsp3) is 0.125. The largest absolute Gasteiger partial charge is 0.383 e. The summed E-state index contributed by atoms with van der Waals surface area (Å²) in [5, 5.41) is 4.00. The Balaban J connectivity index is 1.88. The Hall–Kier alpha value is -3.22. The van der Waals surface area contributed by atoms with Crippen molar-refractivity contribution in [2.45, 2.75) is 13.5 Å². The zero-order chi connectivity index (χ0) is 16.4. The standard InChI is InChI=1S/C16H16N6O/c1-9-11(6-19-12-4-2-10(8-23)3-5-12)7-20-15-13(9)14(17)21-16(18)22-15/h2-5,7-8,19H,6H2,1H3,(H4,17,18,20,21,22). The summed E-state index contributed by atoms with van der Waals surface area (Å²) < 4.78 is 0. The molecule has 7 nitrogen and oxygen atoms in total. The summed E-state index contributed by atoms with van der Waals surface area (Å²) in [6.07, 6.45) is 2.56. The lowest BCUT2D eigenvalue weighted by Crippen LogP contribution is -2.07. The van der Waals surface area contributed by atoms with Gasteiger partial charge in [0.05, 0.1) is 5.39 Å². The van der Waals surface area contributed by atoms with Gasteiger partial charge in [-0.3, -0.25) is 4.79 Å². The quantitative estimate of drug-likeness (QED) is 0.630. The Morgan fingerprint density at radius 2 is 1.91 bits per heavy atom. The molecule has 0 saturated carbocycles. The summed E-state index contributed by atoms with van der Waals surface area (Å²) in [7, 11) is 0. The number of rotatable bonds is 4.